The van der Waals surface area contributed by atoms with Gasteiger partial charge >= 0.3 is 0 Å². The van der Waals surface area contributed by atoms with Crippen molar-refractivity contribution in [1.29, 1.82) is 0 Å². The monoisotopic (exact) mass is 411 g/mol. The summed E-state index contributed by atoms with van der Waals surface area (Å²) in [5.74, 6) is 2.02. The fraction of sp³-hybridized carbons (Fsp3) is 0.381. The summed E-state index contributed by atoms with van der Waals surface area (Å²) < 4.78 is 9.13. The summed E-state index contributed by atoms with van der Waals surface area (Å²) in [7, 11) is 1.66. The average molecular weight is 412 g/mol. The van der Waals surface area contributed by atoms with Crippen LogP contribution >= 0.6 is 11.8 Å². The molecule has 3 aromatic rings. The van der Waals surface area contributed by atoms with Crippen LogP contribution in [0.2, 0.25) is 0 Å². The Hall–Kier alpha value is -2.74. The lowest BCUT2D eigenvalue weighted by molar-refractivity contribution is -0.119. The second-order valence-corrected chi connectivity index (χ2v) is 8.08. The molecule has 0 atom stereocenters. The van der Waals surface area contributed by atoms with Gasteiger partial charge in [-0.05, 0) is 42.7 Å². The van der Waals surface area contributed by atoms with E-state index in [1.165, 1.54) is 24.6 Å². The highest BCUT2D eigenvalue weighted by Crippen LogP contribution is 2.21. The Morgan fingerprint density at radius 2 is 1.90 bits per heavy atom. The molecule has 0 saturated heterocycles. The number of ether oxygens (including phenoxy) is 1. The van der Waals surface area contributed by atoms with Crippen LogP contribution in [0.15, 0.2) is 53.9 Å². The van der Waals surface area contributed by atoms with Gasteiger partial charge in [-0.25, -0.2) is 4.68 Å². The molecule has 1 N–H and O–H groups in total. The van der Waals surface area contributed by atoms with Gasteiger partial charge in [0, 0.05) is 24.9 Å². The minimum Gasteiger partial charge on any atom is -0.497 e. The van der Waals surface area contributed by atoms with E-state index in [-0.39, 0.29) is 5.91 Å². The summed E-state index contributed by atoms with van der Waals surface area (Å²) in [5.41, 5.74) is 1.11. The fourth-order valence-electron chi connectivity index (χ4n) is 3.58. The third-order valence-electron chi connectivity index (χ3n) is 5.07. The molecule has 0 radical (unpaired) electrons. The third-order valence-corrected chi connectivity index (χ3v) is 5.99. The quantitative estimate of drug-likeness (QED) is 0.577. The predicted molar refractivity (Wildman–Crippen MR) is 112 cm³/mol. The van der Waals surface area contributed by atoms with E-state index in [9.17, 15) is 4.79 Å². The molecule has 0 unspecified atom stereocenters. The first-order valence-corrected chi connectivity index (χ1v) is 10.8. The summed E-state index contributed by atoms with van der Waals surface area (Å²) in [5, 5.41) is 12.6. The summed E-state index contributed by atoms with van der Waals surface area (Å²) in [6.07, 6.45) is 9.10. The Kier molecular flexibility index (Phi) is 6.19. The van der Waals surface area contributed by atoms with Gasteiger partial charge in [-0.2, -0.15) is 0 Å². The molecule has 1 aromatic carbocycles. The number of hydrogen-bond donors (Lipinski definition) is 1. The Morgan fingerprint density at radius 3 is 2.59 bits per heavy atom. The Bertz CT molecular complexity index is 931. The number of nitrogens with one attached hydrogen (secondary N) is 1. The third kappa shape index (κ3) is 4.82. The number of nitrogens with zero attached hydrogens (tertiary/aromatic N) is 4. The van der Waals surface area contributed by atoms with Crippen LogP contribution < -0.4 is 10.1 Å². The van der Waals surface area contributed by atoms with Gasteiger partial charge in [-0.3, -0.25) is 9.47 Å². The van der Waals surface area contributed by atoms with Gasteiger partial charge in [0.05, 0.1) is 12.9 Å². The Balaban J connectivity index is 1.49. The smallest absolute Gasteiger partial charge is 0.230 e. The maximum atomic E-state index is 12.3. The molecule has 4 rings (SSSR count). The van der Waals surface area contributed by atoms with Crippen LogP contribution in [0.3, 0.4) is 0 Å². The molecule has 1 amide bonds. The van der Waals surface area contributed by atoms with Gasteiger partial charge in [-0.1, -0.05) is 36.7 Å². The second kappa shape index (κ2) is 9.17. The highest BCUT2D eigenvalue weighted by molar-refractivity contribution is 7.99. The molecule has 1 aliphatic rings. The molecular formula is C21H25N5O2S. The lowest BCUT2D eigenvalue weighted by atomic mass is 10.1. The molecule has 0 spiro atoms. The number of aromatic nitrogens is 4. The van der Waals surface area contributed by atoms with Gasteiger partial charge in [0.2, 0.25) is 11.1 Å². The fourth-order valence-corrected chi connectivity index (χ4v) is 4.35. The molecule has 0 bridgehead atoms. The molecular weight excluding hydrogens is 386 g/mol. The number of methoxy groups -OCH3 is 1. The second-order valence-electron chi connectivity index (χ2n) is 7.14. The minimum absolute atomic E-state index is 0.0562. The van der Waals surface area contributed by atoms with Crippen LogP contribution in [0.5, 0.6) is 5.75 Å². The van der Waals surface area contributed by atoms with E-state index < -0.39 is 0 Å². The maximum absolute atomic E-state index is 12.3. The van der Waals surface area contributed by atoms with Crippen molar-refractivity contribution in [2.75, 3.05) is 12.9 Å². The zero-order chi connectivity index (χ0) is 20.1. The SMILES string of the molecule is COc1ccc(Cc2nnc(SCC(=O)NC3CCCC3)n2-n2cccc2)cc1. The number of carbonyl (C=O) groups is 1. The molecule has 8 heteroatoms. The molecule has 1 aliphatic carbocycles. The van der Waals surface area contributed by atoms with E-state index in [2.05, 4.69) is 15.5 Å². The normalized spacial score (nSPS) is 14.2. The molecule has 1 fully saturated rings. The van der Waals surface area contributed by atoms with Crippen molar-refractivity contribution in [2.45, 2.75) is 43.3 Å². The zero-order valence-corrected chi connectivity index (χ0v) is 17.3. The van der Waals surface area contributed by atoms with E-state index in [1.807, 2.05) is 58.1 Å². The van der Waals surface area contributed by atoms with E-state index in [1.54, 1.807) is 7.11 Å². The molecule has 29 heavy (non-hydrogen) atoms. The van der Waals surface area contributed by atoms with Crippen LogP contribution in [-0.4, -0.2) is 44.4 Å². The number of carbonyl (C=O) groups excluding carboxylic acids is 1. The van der Waals surface area contributed by atoms with Crippen molar-refractivity contribution in [3.05, 3.63) is 60.2 Å². The van der Waals surface area contributed by atoms with E-state index >= 15 is 0 Å². The number of hydrogen-bond acceptors (Lipinski definition) is 5. The van der Waals surface area contributed by atoms with Crippen LogP contribution in [0.4, 0.5) is 0 Å². The molecule has 2 heterocycles. The number of rotatable bonds is 8. The highest BCUT2D eigenvalue weighted by atomic mass is 32.2. The van der Waals surface area contributed by atoms with E-state index in [4.69, 9.17) is 4.74 Å². The van der Waals surface area contributed by atoms with Crippen molar-refractivity contribution in [2.24, 2.45) is 0 Å². The maximum Gasteiger partial charge on any atom is 0.230 e. The lowest BCUT2D eigenvalue weighted by Gasteiger charge is -2.13. The Morgan fingerprint density at radius 1 is 1.17 bits per heavy atom. The van der Waals surface area contributed by atoms with Gasteiger partial charge in [-0.15, -0.1) is 10.2 Å². The van der Waals surface area contributed by atoms with Crippen LogP contribution in [-0.2, 0) is 11.2 Å². The van der Waals surface area contributed by atoms with Crippen LogP contribution in [0.1, 0.15) is 37.1 Å². The van der Waals surface area contributed by atoms with Crippen molar-refractivity contribution in [3.63, 3.8) is 0 Å². The zero-order valence-electron chi connectivity index (χ0n) is 16.5. The van der Waals surface area contributed by atoms with Gasteiger partial charge in [0.1, 0.15) is 5.75 Å². The van der Waals surface area contributed by atoms with Crippen molar-refractivity contribution >= 4 is 17.7 Å². The highest BCUT2D eigenvalue weighted by Gasteiger charge is 2.19. The summed E-state index contributed by atoms with van der Waals surface area (Å²) in [4.78, 5) is 12.3. The Labute approximate surface area is 174 Å². The number of thioether (sulfide) groups is 1. The van der Waals surface area contributed by atoms with Gasteiger partial charge in [0.25, 0.3) is 0 Å². The topological polar surface area (TPSA) is 74.0 Å². The molecule has 2 aromatic heterocycles. The van der Waals surface area contributed by atoms with Crippen LogP contribution in [0.25, 0.3) is 0 Å². The summed E-state index contributed by atoms with van der Waals surface area (Å²) >= 11 is 1.41. The average Bonchev–Trinajstić information content (AvgIpc) is 3.49. The molecule has 7 nitrogen and oxygen atoms in total. The number of benzene rings is 1. The first-order chi connectivity index (χ1) is 14.2. The van der Waals surface area contributed by atoms with Crippen molar-refractivity contribution < 1.29 is 9.53 Å². The first kappa shape index (κ1) is 19.6. The first-order valence-electron chi connectivity index (χ1n) is 9.86. The lowest BCUT2D eigenvalue weighted by Crippen LogP contribution is -2.33. The van der Waals surface area contributed by atoms with Crippen molar-refractivity contribution in [1.82, 2.24) is 24.9 Å². The van der Waals surface area contributed by atoms with Crippen LogP contribution in [0, 0.1) is 0 Å². The summed E-state index contributed by atoms with van der Waals surface area (Å²) in [6, 6.07) is 12.2. The molecule has 152 valence electrons. The largest absolute Gasteiger partial charge is 0.497 e. The number of amides is 1. The molecule has 1 saturated carbocycles. The standard InChI is InChI=1S/C21H25N5O2S/c1-28-18-10-8-16(9-11-18)14-19-23-24-21(26(19)25-12-4-5-13-25)29-15-20(27)22-17-6-2-3-7-17/h4-5,8-13,17H,2-3,6-7,14-15H2,1H3,(H,22,27). The van der Waals surface area contributed by atoms with Gasteiger partial charge < -0.3 is 10.1 Å². The minimum atomic E-state index is 0.0562. The van der Waals surface area contributed by atoms with Gasteiger partial charge in [0.15, 0.2) is 5.82 Å². The van der Waals surface area contributed by atoms with Crippen molar-refractivity contribution in [3.8, 4) is 5.75 Å². The predicted octanol–water partition coefficient (Wildman–Crippen LogP) is 3.14. The van der Waals surface area contributed by atoms with E-state index in [0.29, 0.717) is 23.4 Å². The van der Waals surface area contributed by atoms with E-state index in [0.717, 1.165) is 30.0 Å². The summed E-state index contributed by atoms with van der Waals surface area (Å²) in [6.45, 7) is 0. The molecule has 0 aliphatic heterocycles.